The van der Waals surface area contributed by atoms with Gasteiger partial charge in [0.2, 0.25) is 0 Å². The number of rotatable bonds is 4. The molecule has 0 aromatic heterocycles. The van der Waals surface area contributed by atoms with Crippen molar-refractivity contribution in [3.8, 4) is 11.1 Å². The predicted octanol–water partition coefficient (Wildman–Crippen LogP) is 3.27. The monoisotopic (exact) mass is 298 g/mol. The fraction of sp³-hybridized carbons (Fsp3) is 0.278. The van der Waals surface area contributed by atoms with E-state index < -0.39 is 6.29 Å². The van der Waals surface area contributed by atoms with Crippen molar-refractivity contribution in [1.82, 2.24) is 0 Å². The van der Waals surface area contributed by atoms with E-state index in [9.17, 15) is 4.79 Å². The maximum atomic E-state index is 12.3. The van der Waals surface area contributed by atoms with E-state index in [1.54, 1.807) is 6.07 Å². The second-order valence-corrected chi connectivity index (χ2v) is 5.22. The van der Waals surface area contributed by atoms with E-state index >= 15 is 0 Å². The van der Waals surface area contributed by atoms with Gasteiger partial charge >= 0.3 is 5.97 Å². The maximum absolute atomic E-state index is 12.3. The molecule has 0 radical (unpaired) electrons. The Morgan fingerprint density at radius 2 is 1.86 bits per heavy atom. The lowest BCUT2D eigenvalue weighted by Gasteiger charge is -2.12. The van der Waals surface area contributed by atoms with Crippen molar-refractivity contribution in [2.45, 2.75) is 19.3 Å². The van der Waals surface area contributed by atoms with Crippen LogP contribution >= 0.6 is 0 Å². The van der Waals surface area contributed by atoms with Gasteiger partial charge in [-0.05, 0) is 24.1 Å². The van der Waals surface area contributed by atoms with Gasteiger partial charge in [0.05, 0.1) is 18.3 Å². The van der Waals surface area contributed by atoms with E-state index in [1.165, 1.54) is 0 Å². The molecule has 0 bridgehead atoms. The third kappa shape index (κ3) is 3.35. The summed E-state index contributed by atoms with van der Waals surface area (Å²) in [6.45, 7) is 2.56. The molecule has 2 atom stereocenters. The molecule has 0 aliphatic carbocycles. The maximum Gasteiger partial charge on any atom is 0.338 e. The summed E-state index contributed by atoms with van der Waals surface area (Å²) in [5.41, 5.74) is 2.38. The molecule has 3 rings (SSSR count). The lowest BCUT2D eigenvalue weighted by atomic mass is 10.00. The Bertz CT molecular complexity index is 639. The molecule has 1 aliphatic heterocycles. The molecule has 1 heterocycles. The molecule has 1 saturated heterocycles. The van der Waals surface area contributed by atoms with Gasteiger partial charge in [0.1, 0.15) is 6.61 Å². The van der Waals surface area contributed by atoms with Gasteiger partial charge in [-0.25, -0.2) is 4.79 Å². The SMILES string of the molecule is CC1CO[C@H](COC(=O)c2ccccc2-c2ccccc2)O1. The van der Waals surface area contributed by atoms with Crippen LogP contribution in [-0.4, -0.2) is 31.6 Å². The molecular weight excluding hydrogens is 280 g/mol. The predicted molar refractivity (Wildman–Crippen MR) is 82.4 cm³/mol. The standard InChI is InChI=1S/C18H18O4/c1-13-11-20-17(22-13)12-21-18(19)16-10-6-5-9-15(16)14-7-3-2-4-8-14/h2-10,13,17H,11-12H2,1H3/t13?,17-/m0/s1. The Balaban J connectivity index is 1.73. The quantitative estimate of drug-likeness (QED) is 0.813. The van der Waals surface area contributed by atoms with E-state index in [2.05, 4.69) is 0 Å². The molecule has 1 unspecified atom stereocenters. The Labute approximate surface area is 129 Å². The Hall–Kier alpha value is -2.17. The van der Waals surface area contributed by atoms with E-state index in [0.717, 1.165) is 11.1 Å². The van der Waals surface area contributed by atoms with Crippen LogP contribution in [0, 0.1) is 0 Å². The second-order valence-electron chi connectivity index (χ2n) is 5.22. The normalized spacial score (nSPS) is 20.8. The summed E-state index contributed by atoms with van der Waals surface area (Å²) in [6, 6.07) is 17.2. The first kappa shape index (κ1) is 14.8. The summed E-state index contributed by atoms with van der Waals surface area (Å²) in [4.78, 5) is 12.3. The first-order valence-corrected chi connectivity index (χ1v) is 7.32. The van der Waals surface area contributed by atoms with Crippen molar-refractivity contribution in [2.75, 3.05) is 13.2 Å². The van der Waals surface area contributed by atoms with Crippen LogP contribution in [0.2, 0.25) is 0 Å². The molecule has 1 fully saturated rings. The average molecular weight is 298 g/mol. The zero-order valence-corrected chi connectivity index (χ0v) is 12.4. The van der Waals surface area contributed by atoms with Crippen LogP contribution in [0.25, 0.3) is 11.1 Å². The lowest BCUT2D eigenvalue weighted by molar-refractivity contribution is -0.0904. The van der Waals surface area contributed by atoms with Crippen molar-refractivity contribution >= 4 is 5.97 Å². The number of benzene rings is 2. The van der Waals surface area contributed by atoms with Crippen LogP contribution in [0.15, 0.2) is 54.6 Å². The van der Waals surface area contributed by atoms with Crippen LogP contribution in [0.5, 0.6) is 0 Å². The largest absolute Gasteiger partial charge is 0.457 e. The van der Waals surface area contributed by atoms with E-state index in [-0.39, 0.29) is 18.7 Å². The number of ether oxygens (including phenoxy) is 3. The topological polar surface area (TPSA) is 44.8 Å². The number of hydrogen-bond acceptors (Lipinski definition) is 4. The van der Waals surface area contributed by atoms with Gasteiger partial charge in [0, 0.05) is 0 Å². The van der Waals surface area contributed by atoms with Crippen LogP contribution in [0.4, 0.5) is 0 Å². The first-order valence-electron chi connectivity index (χ1n) is 7.32. The molecule has 4 heteroatoms. The van der Waals surface area contributed by atoms with Crippen LogP contribution in [-0.2, 0) is 14.2 Å². The van der Waals surface area contributed by atoms with Gasteiger partial charge in [0.25, 0.3) is 0 Å². The molecule has 1 aliphatic rings. The molecule has 0 saturated carbocycles. The van der Waals surface area contributed by atoms with Crippen LogP contribution in [0.3, 0.4) is 0 Å². The third-order valence-corrected chi connectivity index (χ3v) is 3.48. The van der Waals surface area contributed by atoms with Gasteiger partial charge in [-0.2, -0.15) is 0 Å². The van der Waals surface area contributed by atoms with E-state index in [0.29, 0.717) is 12.2 Å². The van der Waals surface area contributed by atoms with Crippen molar-refractivity contribution < 1.29 is 19.0 Å². The highest BCUT2D eigenvalue weighted by Gasteiger charge is 2.24. The highest BCUT2D eigenvalue weighted by molar-refractivity contribution is 5.97. The second kappa shape index (κ2) is 6.73. The Kier molecular flexibility index (Phi) is 4.51. The average Bonchev–Trinajstić information content (AvgIpc) is 2.99. The van der Waals surface area contributed by atoms with Crippen LogP contribution in [0.1, 0.15) is 17.3 Å². The summed E-state index contributed by atoms with van der Waals surface area (Å²) < 4.78 is 16.2. The van der Waals surface area contributed by atoms with Crippen molar-refractivity contribution in [3.63, 3.8) is 0 Å². The first-order chi connectivity index (χ1) is 10.7. The highest BCUT2D eigenvalue weighted by atomic mass is 16.7. The fourth-order valence-corrected chi connectivity index (χ4v) is 2.42. The minimum absolute atomic E-state index is 0.0420. The molecule has 0 N–H and O–H groups in total. The minimum Gasteiger partial charge on any atom is -0.457 e. The van der Waals surface area contributed by atoms with Gasteiger partial charge in [-0.3, -0.25) is 0 Å². The minimum atomic E-state index is -0.470. The van der Waals surface area contributed by atoms with Gasteiger partial charge in [-0.1, -0.05) is 48.5 Å². The Morgan fingerprint density at radius 1 is 1.14 bits per heavy atom. The summed E-state index contributed by atoms with van der Waals surface area (Å²) in [5, 5.41) is 0. The van der Waals surface area contributed by atoms with Crippen molar-refractivity contribution in [3.05, 3.63) is 60.2 Å². The molecular formula is C18H18O4. The zero-order valence-electron chi connectivity index (χ0n) is 12.4. The van der Waals surface area contributed by atoms with Crippen LogP contribution < -0.4 is 0 Å². The smallest absolute Gasteiger partial charge is 0.338 e. The fourth-order valence-electron chi connectivity index (χ4n) is 2.42. The van der Waals surface area contributed by atoms with Crippen molar-refractivity contribution in [1.29, 1.82) is 0 Å². The summed E-state index contributed by atoms with van der Waals surface area (Å²) in [7, 11) is 0. The molecule has 2 aromatic rings. The molecule has 114 valence electrons. The van der Waals surface area contributed by atoms with Gasteiger partial charge < -0.3 is 14.2 Å². The zero-order chi connectivity index (χ0) is 15.4. The number of carbonyl (C=O) groups excluding carboxylic acids is 1. The third-order valence-electron chi connectivity index (χ3n) is 3.48. The summed E-state index contributed by atoms with van der Waals surface area (Å²) >= 11 is 0. The van der Waals surface area contributed by atoms with Gasteiger partial charge in [-0.15, -0.1) is 0 Å². The van der Waals surface area contributed by atoms with Crippen molar-refractivity contribution in [2.24, 2.45) is 0 Å². The summed E-state index contributed by atoms with van der Waals surface area (Å²) in [5.74, 6) is -0.369. The molecule has 0 amide bonds. The number of carbonyl (C=O) groups is 1. The molecule has 4 nitrogen and oxygen atoms in total. The lowest BCUT2D eigenvalue weighted by Crippen LogP contribution is -2.20. The molecule has 0 spiro atoms. The Morgan fingerprint density at radius 3 is 2.59 bits per heavy atom. The highest BCUT2D eigenvalue weighted by Crippen LogP contribution is 2.24. The molecule has 2 aromatic carbocycles. The van der Waals surface area contributed by atoms with E-state index in [4.69, 9.17) is 14.2 Å². The van der Waals surface area contributed by atoms with E-state index in [1.807, 2.05) is 55.5 Å². The molecule has 22 heavy (non-hydrogen) atoms. The summed E-state index contributed by atoms with van der Waals surface area (Å²) in [6.07, 6.45) is -0.428. The number of hydrogen-bond donors (Lipinski definition) is 0. The number of esters is 1. The van der Waals surface area contributed by atoms with Gasteiger partial charge in [0.15, 0.2) is 6.29 Å².